The molecule has 2 aromatic carbocycles. The number of benzene rings is 2. The largest absolute Gasteiger partial charge is 0.495 e. The number of halogens is 1. The van der Waals surface area contributed by atoms with E-state index in [2.05, 4.69) is 21.2 Å². The highest BCUT2D eigenvalue weighted by atomic mass is 79.9. The van der Waals surface area contributed by atoms with Crippen molar-refractivity contribution in [2.24, 2.45) is 0 Å². The van der Waals surface area contributed by atoms with Crippen LogP contribution in [0.25, 0.3) is 0 Å². The van der Waals surface area contributed by atoms with E-state index in [0.29, 0.717) is 28.0 Å². The van der Waals surface area contributed by atoms with Crippen LogP contribution in [-0.4, -0.2) is 50.1 Å². The Balaban J connectivity index is 1.84. The molecule has 0 aromatic heterocycles. The second kappa shape index (κ2) is 9.78. The fraction of sp³-hybridized carbons (Fsp3) is 0.364. The molecule has 7 heteroatoms. The number of likely N-dealkylation sites (tertiary alicyclic amines) is 1. The highest BCUT2D eigenvalue weighted by Gasteiger charge is 2.28. The van der Waals surface area contributed by atoms with Crippen molar-refractivity contribution in [2.45, 2.75) is 25.3 Å². The van der Waals surface area contributed by atoms with Crippen LogP contribution in [0.3, 0.4) is 0 Å². The first-order valence-corrected chi connectivity index (χ1v) is 10.4. The third-order valence-electron chi connectivity index (χ3n) is 5.01. The van der Waals surface area contributed by atoms with E-state index in [0.717, 1.165) is 31.5 Å². The van der Waals surface area contributed by atoms with Crippen LogP contribution in [0.2, 0.25) is 0 Å². The molecule has 1 heterocycles. The molecule has 1 aliphatic rings. The molecular formula is C22H25BrN2O4. The second-order valence-electron chi connectivity index (χ2n) is 6.94. The Morgan fingerprint density at radius 2 is 1.66 bits per heavy atom. The average molecular weight is 461 g/mol. The molecule has 1 atom stereocenters. The molecule has 0 bridgehead atoms. The molecule has 2 aromatic rings. The highest BCUT2D eigenvalue weighted by Crippen LogP contribution is 2.35. The molecular weight excluding hydrogens is 436 g/mol. The van der Waals surface area contributed by atoms with E-state index < -0.39 is 6.04 Å². The summed E-state index contributed by atoms with van der Waals surface area (Å²) >= 11 is 3.41. The molecule has 1 aliphatic heterocycles. The quantitative estimate of drug-likeness (QED) is 0.686. The van der Waals surface area contributed by atoms with Gasteiger partial charge in [0, 0.05) is 25.1 Å². The number of rotatable bonds is 7. The molecule has 3 rings (SSSR count). The van der Waals surface area contributed by atoms with Crippen molar-refractivity contribution in [3.63, 3.8) is 0 Å². The lowest BCUT2D eigenvalue weighted by molar-refractivity contribution is -0.132. The summed E-state index contributed by atoms with van der Waals surface area (Å²) < 4.78 is 11.3. The van der Waals surface area contributed by atoms with Gasteiger partial charge in [0.15, 0.2) is 0 Å². The maximum atomic E-state index is 13.1. The van der Waals surface area contributed by atoms with Gasteiger partial charge < -0.3 is 19.7 Å². The van der Waals surface area contributed by atoms with Crippen LogP contribution in [-0.2, 0) is 11.2 Å². The summed E-state index contributed by atoms with van der Waals surface area (Å²) in [5.74, 6) is 0.582. The van der Waals surface area contributed by atoms with Crippen LogP contribution in [0.15, 0.2) is 46.9 Å². The predicted molar refractivity (Wildman–Crippen MR) is 114 cm³/mol. The van der Waals surface area contributed by atoms with Gasteiger partial charge in [-0.1, -0.05) is 30.3 Å². The smallest absolute Gasteiger partial charge is 0.252 e. The van der Waals surface area contributed by atoms with Gasteiger partial charge in [-0.3, -0.25) is 9.59 Å². The molecule has 2 amide bonds. The topological polar surface area (TPSA) is 67.9 Å². The van der Waals surface area contributed by atoms with Gasteiger partial charge in [0.2, 0.25) is 5.91 Å². The van der Waals surface area contributed by atoms with E-state index in [1.165, 1.54) is 14.2 Å². The number of amides is 2. The molecule has 1 fully saturated rings. The van der Waals surface area contributed by atoms with E-state index in [1.807, 2.05) is 35.2 Å². The van der Waals surface area contributed by atoms with Gasteiger partial charge in [0.05, 0.1) is 14.2 Å². The summed E-state index contributed by atoms with van der Waals surface area (Å²) in [6, 6.07) is 12.3. The molecule has 29 heavy (non-hydrogen) atoms. The zero-order valence-corrected chi connectivity index (χ0v) is 18.2. The lowest BCUT2D eigenvalue weighted by Gasteiger charge is -2.24. The highest BCUT2D eigenvalue weighted by molar-refractivity contribution is 9.10. The van der Waals surface area contributed by atoms with Crippen molar-refractivity contribution in [1.82, 2.24) is 10.2 Å². The Bertz CT molecular complexity index is 841. The van der Waals surface area contributed by atoms with Crippen molar-refractivity contribution in [2.75, 3.05) is 27.3 Å². The first-order chi connectivity index (χ1) is 14.0. The number of ether oxygens (including phenoxy) is 2. The van der Waals surface area contributed by atoms with Crippen molar-refractivity contribution >= 4 is 27.7 Å². The molecule has 1 saturated heterocycles. The summed E-state index contributed by atoms with van der Waals surface area (Å²) in [4.78, 5) is 27.9. The number of nitrogens with zero attached hydrogens (tertiary/aromatic N) is 1. The van der Waals surface area contributed by atoms with Crippen LogP contribution in [0, 0.1) is 0 Å². The van der Waals surface area contributed by atoms with Crippen LogP contribution in [0.1, 0.15) is 28.8 Å². The molecule has 0 aliphatic carbocycles. The van der Waals surface area contributed by atoms with Crippen molar-refractivity contribution < 1.29 is 19.1 Å². The number of carbonyl (C=O) groups excluding carboxylic acids is 2. The molecule has 0 radical (unpaired) electrons. The first-order valence-electron chi connectivity index (χ1n) is 9.58. The lowest BCUT2D eigenvalue weighted by atomic mass is 10.0. The van der Waals surface area contributed by atoms with Crippen molar-refractivity contribution in [3.8, 4) is 11.5 Å². The van der Waals surface area contributed by atoms with Gasteiger partial charge in [-0.05, 0) is 46.5 Å². The maximum Gasteiger partial charge on any atom is 0.252 e. The minimum atomic E-state index is -0.636. The van der Waals surface area contributed by atoms with Crippen LogP contribution in [0.4, 0.5) is 0 Å². The Labute approximate surface area is 179 Å². The molecule has 0 saturated carbocycles. The van der Waals surface area contributed by atoms with Crippen LogP contribution >= 0.6 is 15.9 Å². The van der Waals surface area contributed by atoms with Crippen molar-refractivity contribution in [3.05, 3.63) is 58.1 Å². The minimum absolute atomic E-state index is 0.0456. The predicted octanol–water partition coefficient (Wildman–Crippen LogP) is 3.43. The summed E-state index contributed by atoms with van der Waals surface area (Å²) in [6.45, 7) is 1.47. The van der Waals surface area contributed by atoms with Crippen molar-refractivity contribution in [1.29, 1.82) is 0 Å². The molecule has 0 spiro atoms. The third kappa shape index (κ3) is 5.09. The van der Waals surface area contributed by atoms with Gasteiger partial charge in [-0.15, -0.1) is 0 Å². The Morgan fingerprint density at radius 3 is 2.21 bits per heavy atom. The minimum Gasteiger partial charge on any atom is -0.495 e. The summed E-state index contributed by atoms with van der Waals surface area (Å²) in [6.07, 6.45) is 2.43. The van der Waals surface area contributed by atoms with E-state index in [9.17, 15) is 9.59 Å². The van der Waals surface area contributed by atoms with E-state index >= 15 is 0 Å². The Morgan fingerprint density at radius 1 is 1.07 bits per heavy atom. The lowest BCUT2D eigenvalue weighted by Crippen LogP contribution is -2.49. The van der Waals surface area contributed by atoms with Gasteiger partial charge >= 0.3 is 0 Å². The zero-order chi connectivity index (χ0) is 20.8. The molecule has 1 N–H and O–H groups in total. The molecule has 154 valence electrons. The fourth-order valence-electron chi connectivity index (χ4n) is 3.45. The normalized spacial score (nSPS) is 14.4. The van der Waals surface area contributed by atoms with Gasteiger partial charge in [-0.25, -0.2) is 0 Å². The monoisotopic (exact) mass is 460 g/mol. The summed E-state index contributed by atoms with van der Waals surface area (Å²) in [5, 5.41) is 2.92. The van der Waals surface area contributed by atoms with Gasteiger partial charge in [0.1, 0.15) is 22.0 Å². The van der Waals surface area contributed by atoms with Gasteiger partial charge in [-0.2, -0.15) is 0 Å². The number of hydrogen-bond acceptors (Lipinski definition) is 4. The average Bonchev–Trinajstić information content (AvgIpc) is 3.28. The Hall–Kier alpha value is -2.54. The second-order valence-corrected chi connectivity index (χ2v) is 7.74. The van der Waals surface area contributed by atoms with E-state index in [-0.39, 0.29) is 11.8 Å². The molecule has 6 nitrogen and oxygen atoms in total. The zero-order valence-electron chi connectivity index (χ0n) is 16.6. The van der Waals surface area contributed by atoms with Crippen LogP contribution < -0.4 is 14.8 Å². The fourth-order valence-corrected chi connectivity index (χ4v) is 4.00. The SMILES string of the molecule is COc1cc(C(=O)NC(Cc2ccccc2)C(=O)N2CCCC2)cc(OC)c1Br. The van der Waals surface area contributed by atoms with Crippen LogP contribution in [0.5, 0.6) is 11.5 Å². The standard InChI is InChI=1S/C22H25BrN2O4/c1-28-18-13-16(14-19(29-2)20(18)23)21(26)24-17(12-15-8-4-3-5-9-15)22(27)25-10-6-7-11-25/h3-5,8-9,13-14,17H,6-7,10-12H2,1-2H3,(H,24,26). The number of hydrogen-bond donors (Lipinski definition) is 1. The first kappa shape index (κ1) is 21.2. The summed E-state index contributed by atoms with van der Waals surface area (Å²) in [7, 11) is 3.05. The van der Waals surface area contributed by atoms with Gasteiger partial charge in [0.25, 0.3) is 5.91 Å². The van der Waals surface area contributed by atoms with E-state index in [1.54, 1.807) is 12.1 Å². The number of carbonyl (C=O) groups is 2. The Kier molecular flexibility index (Phi) is 7.14. The van der Waals surface area contributed by atoms with E-state index in [4.69, 9.17) is 9.47 Å². The number of nitrogens with one attached hydrogen (secondary N) is 1. The summed E-state index contributed by atoms with van der Waals surface area (Å²) in [5.41, 5.74) is 1.37. The maximum absolute atomic E-state index is 13.1. The number of methoxy groups -OCH3 is 2. The molecule has 1 unspecified atom stereocenters. The third-order valence-corrected chi connectivity index (χ3v) is 5.79.